The molecular weight excluding hydrogens is 377 g/mol. The monoisotopic (exact) mass is 395 g/mol. The van der Waals surface area contributed by atoms with Crippen molar-refractivity contribution in [2.75, 3.05) is 14.1 Å². The third-order valence-electron chi connectivity index (χ3n) is 3.80. The van der Waals surface area contributed by atoms with Crippen LogP contribution in [0.15, 0.2) is 76.7 Å². The Hall–Kier alpha value is -2.62. The summed E-state index contributed by atoms with van der Waals surface area (Å²) in [6.07, 6.45) is 3.45. The van der Waals surface area contributed by atoms with Gasteiger partial charge in [0.05, 0.1) is 22.1 Å². The van der Waals surface area contributed by atoms with Gasteiger partial charge in [-0.3, -0.25) is 4.99 Å². The normalized spacial score (nSPS) is 11.4. The lowest BCUT2D eigenvalue weighted by atomic mass is 10.0. The molecule has 0 saturated carbocycles. The number of nitrogens with zero attached hydrogens (tertiary/aromatic N) is 3. The summed E-state index contributed by atoms with van der Waals surface area (Å²) in [7, 11) is 3.76. The lowest BCUT2D eigenvalue weighted by Crippen LogP contribution is -2.07. The van der Waals surface area contributed by atoms with Crippen LogP contribution in [-0.4, -0.2) is 31.5 Å². The maximum absolute atomic E-state index is 6.30. The molecule has 27 heavy (non-hydrogen) atoms. The Bertz CT molecular complexity index is 940. The van der Waals surface area contributed by atoms with Gasteiger partial charge in [-0.05, 0) is 28.8 Å². The Labute approximate surface area is 169 Å². The Balaban J connectivity index is 1.78. The number of halogens is 2. The maximum atomic E-state index is 6.30. The van der Waals surface area contributed by atoms with Crippen LogP contribution in [0.4, 0.5) is 11.4 Å². The fourth-order valence-corrected chi connectivity index (χ4v) is 3.04. The van der Waals surface area contributed by atoms with Gasteiger partial charge in [0.15, 0.2) is 0 Å². The summed E-state index contributed by atoms with van der Waals surface area (Å²) in [5.74, 6) is 0. The molecular formula is C22H19Cl2N3. The Morgan fingerprint density at radius 1 is 0.778 bits per heavy atom. The minimum atomic E-state index is 0.465. The molecule has 0 aliphatic carbocycles. The summed E-state index contributed by atoms with van der Waals surface area (Å²) in [5, 5.41) is 0.930. The molecule has 5 heteroatoms. The van der Waals surface area contributed by atoms with Crippen molar-refractivity contribution in [2.24, 2.45) is 9.98 Å². The van der Waals surface area contributed by atoms with Crippen LogP contribution in [0.2, 0.25) is 10.0 Å². The van der Waals surface area contributed by atoms with E-state index in [1.807, 2.05) is 49.3 Å². The summed E-state index contributed by atoms with van der Waals surface area (Å²) in [6, 6.07) is 22.0. The lowest BCUT2D eigenvalue weighted by molar-refractivity contribution is 0.643. The zero-order valence-electron chi connectivity index (χ0n) is 15.1. The van der Waals surface area contributed by atoms with E-state index in [1.165, 1.54) is 11.1 Å². The molecule has 136 valence electrons. The largest absolute Gasteiger partial charge is 0.369 e. The van der Waals surface area contributed by atoms with Crippen molar-refractivity contribution in [1.82, 2.24) is 4.90 Å². The fraction of sp³-hybridized carbons (Fsp3) is 0.0909. The molecule has 0 atom stereocenters. The molecule has 3 nitrogen and oxygen atoms in total. The van der Waals surface area contributed by atoms with Gasteiger partial charge >= 0.3 is 0 Å². The Morgan fingerprint density at radius 3 is 1.96 bits per heavy atom. The van der Waals surface area contributed by atoms with Crippen molar-refractivity contribution in [3.63, 3.8) is 0 Å². The predicted molar refractivity (Wildman–Crippen MR) is 117 cm³/mol. The van der Waals surface area contributed by atoms with Crippen LogP contribution in [0.5, 0.6) is 0 Å². The van der Waals surface area contributed by atoms with Gasteiger partial charge in [0.1, 0.15) is 5.69 Å². The summed E-state index contributed by atoms with van der Waals surface area (Å²) in [5.41, 5.74) is 4.58. The average molecular weight is 396 g/mol. The highest BCUT2D eigenvalue weighted by Gasteiger charge is 2.07. The summed E-state index contributed by atoms with van der Waals surface area (Å²) in [4.78, 5) is 10.6. The highest BCUT2D eigenvalue weighted by molar-refractivity contribution is 6.39. The standard InChI is InChI=1S/C22H19Cl2N3/c1-27(2)15-26-22-20(23)12-19(13-21(22)24)25-14-16-8-10-18(11-9-16)17-6-4-3-5-7-17/h3-15H,1-2H3. The molecule has 0 aromatic heterocycles. The third-order valence-corrected chi connectivity index (χ3v) is 4.38. The topological polar surface area (TPSA) is 28.0 Å². The zero-order chi connectivity index (χ0) is 19.2. The van der Waals surface area contributed by atoms with Gasteiger partial charge in [0, 0.05) is 20.3 Å². The first-order chi connectivity index (χ1) is 13.0. The number of benzene rings is 3. The highest BCUT2D eigenvalue weighted by Crippen LogP contribution is 2.37. The van der Waals surface area contributed by atoms with E-state index >= 15 is 0 Å². The van der Waals surface area contributed by atoms with Crippen molar-refractivity contribution in [3.05, 3.63) is 82.3 Å². The van der Waals surface area contributed by atoms with Crippen molar-refractivity contribution < 1.29 is 0 Å². The molecule has 0 aliphatic heterocycles. The Morgan fingerprint density at radius 2 is 1.37 bits per heavy atom. The molecule has 0 unspecified atom stereocenters. The van der Waals surface area contributed by atoms with Gasteiger partial charge in [0.25, 0.3) is 0 Å². The number of hydrogen-bond donors (Lipinski definition) is 0. The van der Waals surface area contributed by atoms with Crippen molar-refractivity contribution in [1.29, 1.82) is 0 Å². The SMILES string of the molecule is CN(C)C=Nc1c(Cl)cc(N=Cc2ccc(-c3ccccc3)cc2)cc1Cl. The molecule has 0 spiro atoms. The molecule has 3 rings (SSSR count). The molecule has 3 aromatic carbocycles. The summed E-state index contributed by atoms with van der Waals surface area (Å²) in [6.45, 7) is 0. The van der Waals surface area contributed by atoms with Crippen LogP contribution in [0.25, 0.3) is 11.1 Å². The van der Waals surface area contributed by atoms with Gasteiger partial charge < -0.3 is 4.90 Å². The van der Waals surface area contributed by atoms with Crippen LogP contribution in [0.1, 0.15) is 5.56 Å². The lowest BCUT2D eigenvalue weighted by Gasteiger charge is -2.06. The van der Waals surface area contributed by atoms with Crippen LogP contribution in [0, 0.1) is 0 Å². The summed E-state index contributed by atoms with van der Waals surface area (Å²) < 4.78 is 0. The van der Waals surface area contributed by atoms with Gasteiger partial charge in [-0.2, -0.15) is 0 Å². The van der Waals surface area contributed by atoms with E-state index in [-0.39, 0.29) is 0 Å². The van der Waals surface area contributed by atoms with Crippen LogP contribution >= 0.6 is 23.2 Å². The molecule has 0 aliphatic rings. The summed E-state index contributed by atoms with van der Waals surface area (Å²) >= 11 is 12.6. The first-order valence-corrected chi connectivity index (χ1v) is 9.18. The second kappa shape index (κ2) is 8.85. The minimum absolute atomic E-state index is 0.465. The second-order valence-corrected chi connectivity index (χ2v) is 7.03. The van der Waals surface area contributed by atoms with E-state index in [9.17, 15) is 0 Å². The van der Waals surface area contributed by atoms with Gasteiger partial charge in [-0.1, -0.05) is 77.8 Å². The molecule has 0 bridgehead atoms. The van der Waals surface area contributed by atoms with E-state index in [0.717, 1.165) is 5.56 Å². The zero-order valence-corrected chi connectivity index (χ0v) is 16.6. The first-order valence-electron chi connectivity index (χ1n) is 8.42. The molecule has 0 heterocycles. The molecule has 0 saturated heterocycles. The molecule has 0 N–H and O–H groups in total. The average Bonchev–Trinajstić information content (AvgIpc) is 2.66. The highest BCUT2D eigenvalue weighted by atomic mass is 35.5. The molecule has 0 amide bonds. The van der Waals surface area contributed by atoms with Crippen molar-refractivity contribution in [3.8, 4) is 11.1 Å². The molecule has 3 aromatic rings. The van der Waals surface area contributed by atoms with E-state index in [0.29, 0.717) is 21.4 Å². The number of aliphatic imine (C=N–C) groups is 2. The van der Waals surface area contributed by atoms with E-state index in [1.54, 1.807) is 24.7 Å². The predicted octanol–water partition coefficient (Wildman–Crippen LogP) is 6.63. The van der Waals surface area contributed by atoms with E-state index in [4.69, 9.17) is 23.2 Å². The van der Waals surface area contributed by atoms with Crippen LogP contribution < -0.4 is 0 Å². The number of rotatable bonds is 5. The van der Waals surface area contributed by atoms with E-state index < -0.39 is 0 Å². The van der Waals surface area contributed by atoms with Gasteiger partial charge in [-0.15, -0.1) is 0 Å². The third kappa shape index (κ3) is 5.19. The number of hydrogen-bond acceptors (Lipinski definition) is 2. The smallest absolute Gasteiger partial charge is 0.102 e. The van der Waals surface area contributed by atoms with Crippen LogP contribution in [-0.2, 0) is 0 Å². The quantitative estimate of drug-likeness (QED) is 0.351. The Kier molecular flexibility index (Phi) is 6.28. The second-order valence-electron chi connectivity index (χ2n) is 6.21. The maximum Gasteiger partial charge on any atom is 0.102 e. The van der Waals surface area contributed by atoms with Crippen LogP contribution in [0.3, 0.4) is 0 Å². The fourth-order valence-electron chi connectivity index (χ4n) is 2.46. The van der Waals surface area contributed by atoms with E-state index in [2.05, 4.69) is 34.3 Å². The molecule has 0 radical (unpaired) electrons. The minimum Gasteiger partial charge on any atom is -0.369 e. The molecule has 0 fully saturated rings. The van der Waals surface area contributed by atoms with Crippen molar-refractivity contribution in [2.45, 2.75) is 0 Å². The first kappa shape index (κ1) is 19.2. The van der Waals surface area contributed by atoms with Crippen molar-refractivity contribution >= 4 is 47.1 Å². The van der Waals surface area contributed by atoms with Gasteiger partial charge in [0.2, 0.25) is 0 Å². The van der Waals surface area contributed by atoms with Gasteiger partial charge in [-0.25, -0.2) is 4.99 Å².